The number of carboxylic acid groups (broad SMARTS) is 1. The van der Waals surface area contributed by atoms with Gasteiger partial charge in [0.05, 0.1) is 18.7 Å². The number of rotatable bonds is 7. The summed E-state index contributed by atoms with van der Waals surface area (Å²) in [4.78, 5) is 38.3. The van der Waals surface area contributed by atoms with Crippen LogP contribution in [0.25, 0.3) is 0 Å². The predicted molar refractivity (Wildman–Crippen MR) is 136 cm³/mol. The Bertz CT molecular complexity index is 1590. The lowest BCUT2D eigenvalue weighted by Crippen LogP contribution is -2.52. The lowest BCUT2D eigenvalue weighted by molar-refractivity contribution is -0.149. The second-order valence-electron chi connectivity index (χ2n) is 10.1. The lowest BCUT2D eigenvalue weighted by atomic mass is 9.93. The number of aromatic nitrogens is 2. The number of carbonyl (C=O) groups is 3. The largest absolute Gasteiger partial charge is 0.465 e. The van der Waals surface area contributed by atoms with Crippen molar-refractivity contribution in [3.05, 3.63) is 82.8 Å². The molecule has 0 bridgehead atoms. The number of anilines is 1. The van der Waals surface area contributed by atoms with E-state index in [0.717, 1.165) is 23.1 Å². The maximum Gasteiger partial charge on any atom is 0.404 e. The Balaban J connectivity index is 1.27. The third-order valence-electron chi connectivity index (χ3n) is 7.36. The molecule has 11 nitrogen and oxygen atoms in total. The summed E-state index contributed by atoms with van der Waals surface area (Å²) in [5.41, 5.74) is -3.26. The molecule has 2 aliphatic rings. The lowest BCUT2D eigenvalue weighted by Gasteiger charge is -2.36. The van der Waals surface area contributed by atoms with E-state index in [1.807, 2.05) is 0 Å². The van der Waals surface area contributed by atoms with Gasteiger partial charge in [-0.2, -0.15) is 5.10 Å². The van der Waals surface area contributed by atoms with Gasteiger partial charge in [-0.3, -0.25) is 19.2 Å². The van der Waals surface area contributed by atoms with Crippen LogP contribution in [-0.2, 0) is 20.9 Å². The molecule has 0 radical (unpaired) electrons. The number of hydrogen-bond acceptors (Lipinski definition) is 6. The van der Waals surface area contributed by atoms with E-state index in [1.54, 1.807) is 0 Å². The van der Waals surface area contributed by atoms with Crippen molar-refractivity contribution in [3.63, 3.8) is 0 Å². The van der Waals surface area contributed by atoms with Crippen molar-refractivity contribution in [2.24, 2.45) is 0 Å². The van der Waals surface area contributed by atoms with E-state index in [0.29, 0.717) is 12.1 Å². The summed E-state index contributed by atoms with van der Waals surface area (Å²) in [6, 6.07) is 3.54. The highest BCUT2D eigenvalue weighted by Crippen LogP contribution is 2.36. The molecule has 3 amide bonds. The molecule has 43 heavy (non-hydrogen) atoms. The van der Waals surface area contributed by atoms with Gasteiger partial charge in [0.2, 0.25) is 5.60 Å². The summed E-state index contributed by atoms with van der Waals surface area (Å²) in [6.45, 7) is -0.928. The van der Waals surface area contributed by atoms with Crippen molar-refractivity contribution < 1.29 is 51.3 Å². The number of ether oxygens (including phenoxy) is 1. The van der Waals surface area contributed by atoms with E-state index in [2.05, 4.69) is 15.7 Å². The minimum atomic E-state index is -2.57. The molecule has 3 aromatic rings. The highest BCUT2D eigenvalue weighted by molar-refractivity contribution is 6.16. The Labute approximate surface area is 239 Å². The average molecular weight is 610 g/mol. The van der Waals surface area contributed by atoms with Crippen LogP contribution in [0.15, 0.2) is 42.6 Å². The van der Waals surface area contributed by atoms with Crippen molar-refractivity contribution >= 4 is 23.7 Å². The molecule has 5 rings (SSSR count). The van der Waals surface area contributed by atoms with Gasteiger partial charge in [0.1, 0.15) is 23.6 Å². The zero-order valence-corrected chi connectivity index (χ0v) is 22.1. The van der Waals surface area contributed by atoms with E-state index in [4.69, 9.17) is 4.74 Å². The number of aliphatic hydroxyl groups is 1. The Morgan fingerprint density at radius 2 is 1.84 bits per heavy atom. The van der Waals surface area contributed by atoms with Gasteiger partial charge >= 0.3 is 6.09 Å². The number of halogens is 5. The number of carbonyl (C=O) groups excluding carboxylic acids is 2. The average Bonchev–Trinajstić information content (AvgIpc) is 3.56. The molecule has 0 saturated carbocycles. The Hall–Kier alpha value is -4.57. The molecule has 4 N–H and O–H groups in total. The van der Waals surface area contributed by atoms with Gasteiger partial charge in [-0.25, -0.2) is 26.7 Å². The van der Waals surface area contributed by atoms with Crippen molar-refractivity contribution in [2.75, 3.05) is 18.1 Å². The van der Waals surface area contributed by atoms with Crippen LogP contribution in [0, 0.1) is 29.1 Å². The van der Waals surface area contributed by atoms with E-state index >= 15 is 0 Å². The second-order valence-corrected chi connectivity index (χ2v) is 10.1. The molecule has 16 heteroatoms. The van der Waals surface area contributed by atoms with Gasteiger partial charge in [-0.1, -0.05) is 0 Å². The fraction of sp³-hybridized carbons (Fsp3) is 0.333. The third kappa shape index (κ3) is 5.87. The number of nitrogens with one attached hydrogen (secondary N) is 2. The van der Waals surface area contributed by atoms with E-state index in [-0.39, 0.29) is 37.4 Å². The molecule has 2 saturated heterocycles. The Kier molecular flexibility index (Phi) is 8.07. The number of benzene rings is 2. The minimum Gasteiger partial charge on any atom is -0.465 e. The number of hydrogen-bond donors (Lipinski definition) is 4. The normalized spacial score (nSPS) is 23.8. The van der Waals surface area contributed by atoms with Gasteiger partial charge in [0, 0.05) is 49.0 Å². The molecular weight excluding hydrogens is 585 g/mol. The SMILES string of the molecule is O=C(O)N[C@H]1C[C@@H](n2ccc(N3CCC(O)(C(=O)NCc4cc(F)cc(F)c4F)C3=O)n2)CO[C@@H]1c1cc(F)ccc1F. The molecule has 1 unspecified atom stereocenters. The van der Waals surface area contributed by atoms with Crippen molar-refractivity contribution in [1.82, 2.24) is 20.4 Å². The number of nitrogens with zero attached hydrogens (tertiary/aromatic N) is 3. The van der Waals surface area contributed by atoms with Crippen LogP contribution in [0.5, 0.6) is 0 Å². The van der Waals surface area contributed by atoms with Gasteiger partial charge in [-0.05, 0) is 30.7 Å². The molecule has 1 aromatic heterocycles. The van der Waals surface area contributed by atoms with Crippen LogP contribution in [0.3, 0.4) is 0 Å². The minimum absolute atomic E-state index is 0.0352. The zero-order chi connectivity index (χ0) is 31.1. The first kappa shape index (κ1) is 29.9. The van der Waals surface area contributed by atoms with Crippen LogP contribution in [0.2, 0.25) is 0 Å². The van der Waals surface area contributed by atoms with Gasteiger partial charge < -0.3 is 25.6 Å². The molecular formula is C27H24F5N5O6. The summed E-state index contributed by atoms with van der Waals surface area (Å²) < 4.78 is 76.2. The summed E-state index contributed by atoms with van der Waals surface area (Å²) in [6.07, 6.45) is -1.42. The summed E-state index contributed by atoms with van der Waals surface area (Å²) in [5.74, 6) is -7.66. The maximum atomic E-state index is 14.4. The Morgan fingerprint density at radius 1 is 1.07 bits per heavy atom. The molecule has 0 aliphatic carbocycles. The van der Waals surface area contributed by atoms with Crippen molar-refractivity contribution in [2.45, 2.75) is 43.2 Å². The summed E-state index contributed by atoms with van der Waals surface area (Å²) >= 11 is 0. The van der Waals surface area contributed by atoms with Crippen LogP contribution < -0.4 is 15.5 Å². The quantitative estimate of drug-likeness (QED) is 0.183. The second kappa shape index (κ2) is 11.6. The standard InChI is InChI=1S/C27H24F5N5O6/c28-14-1-2-18(30)17(8-14)23-20(34-26(40)41)10-16(12-43-23)37-5-3-21(35-37)36-6-4-27(42,25(36)39)24(38)33-11-13-7-15(29)9-19(31)22(13)32/h1-3,5,7-9,16,20,23,34,42H,4,6,10-12H2,(H,33,38)(H,40,41)/t16-,20+,23-,27?/m1/s1. The molecule has 0 spiro atoms. The molecule has 2 aliphatic heterocycles. The zero-order valence-electron chi connectivity index (χ0n) is 22.1. The smallest absolute Gasteiger partial charge is 0.404 e. The highest BCUT2D eigenvalue weighted by Gasteiger charge is 2.52. The fourth-order valence-electron chi connectivity index (χ4n) is 5.20. The fourth-order valence-corrected chi connectivity index (χ4v) is 5.20. The van der Waals surface area contributed by atoms with Gasteiger partial charge in [0.25, 0.3) is 11.8 Å². The number of amides is 3. The molecule has 4 atom stereocenters. The van der Waals surface area contributed by atoms with Gasteiger partial charge in [-0.15, -0.1) is 0 Å². The van der Waals surface area contributed by atoms with Crippen LogP contribution in [-0.4, -0.2) is 62.7 Å². The van der Waals surface area contributed by atoms with E-state index in [9.17, 15) is 46.5 Å². The molecule has 228 valence electrons. The van der Waals surface area contributed by atoms with Crippen molar-refractivity contribution in [3.8, 4) is 0 Å². The van der Waals surface area contributed by atoms with Crippen LogP contribution >= 0.6 is 0 Å². The third-order valence-corrected chi connectivity index (χ3v) is 7.36. The van der Waals surface area contributed by atoms with Crippen LogP contribution in [0.1, 0.15) is 36.1 Å². The van der Waals surface area contributed by atoms with Gasteiger partial charge in [0.15, 0.2) is 17.5 Å². The molecule has 2 fully saturated rings. The first-order valence-electron chi connectivity index (χ1n) is 12.9. The van der Waals surface area contributed by atoms with E-state index < -0.39 is 82.9 Å². The highest BCUT2D eigenvalue weighted by atomic mass is 19.2. The predicted octanol–water partition coefficient (Wildman–Crippen LogP) is 2.70. The molecule has 3 heterocycles. The monoisotopic (exact) mass is 609 g/mol. The molecule has 2 aromatic carbocycles. The maximum absolute atomic E-state index is 14.4. The topological polar surface area (TPSA) is 146 Å². The Morgan fingerprint density at radius 3 is 2.58 bits per heavy atom. The first-order valence-corrected chi connectivity index (χ1v) is 12.9. The van der Waals surface area contributed by atoms with Crippen LogP contribution in [0.4, 0.5) is 32.6 Å². The van der Waals surface area contributed by atoms with Crippen molar-refractivity contribution in [1.29, 1.82) is 0 Å². The van der Waals surface area contributed by atoms with E-state index in [1.165, 1.54) is 16.9 Å². The summed E-state index contributed by atoms with van der Waals surface area (Å²) in [5, 5.41) is 28.9. The summed E-state index contributed by atoms with van der Waals surface area (Å²) in [7, 11) is 0. The first-order chi connectivity index (χ1) is 20.4.